The van der Waals surface area contributed by atoms with E-state index >= 15 is 0 Å². The average Bonchev–Trinajstić information content (AvgIpc) is 2.85. The fourth-order valence-corrected chi connectivity index (χ4v) is 2.17. The Kier molecular flexibility index (Phi) is 4.35. The number of rotatable bonds is 4. The first-order valence-corrected chi connectivity index (χ1v) is 6.49. The van der Waals surface area contributed by atoms with Crippen molar-refractivity contribution >= 4 is 16.8 Å². The van der Waals surface area contributed by atoms with Gasteiger partial charge in [-0.3, -0.25) is 4.79 Å². The van der Waals surface area contributed by atoms with E-state index in [-0.39, 0.29) is 6.54 Å². The van der Waals surface area contributed by atoms with E-state index in [1.54, 1.807) is 13.1 Å². The fraction of sp³-hybridized carbons (Fsp3) is 0.267. The van der Waals surface area contributed by atoms with Gasteiger partial charge >= 0.3 is 12.1 Å². The van der Waals surface area contributed by atoms with Gasteiger partial charge in [0.1, 0.15) is 0 Å². The van der Waals surface area contributed by atoms with Crippen LogP contribution in [-0.4, -0.2) is 28.5 Å². The third-order valence-electron chi connectivity index (χ3n) is 3.13. The number of H-pyrrole nitrogens is 1. The zero-order valence-corrected chi connectivity index (χ0v) is 11.4. The zero-order chi connectivity index (χ0) is 15.5. The Hall–Kier alpha value is -2.24. The zero-order valence-electron chi connectivity index (χ0n) is 11.4. The van der Waals surface area contributed by atoms with Crippen molar-refractivity contribution in [2.75, 3.05) is 6.54 Å². The lowest BCUT2D eigenvalue weighted by atomic mass is 10.1. The fourth-order valence-electron chi connectivity index (χ4n) is 2.17. The molecule has 0 radical (unpaired) electrons. The predicted molar refractivity (Wildman–Crippen MR) is 74.6 cm³/mol. The van der Waals surface area contributed by atoms with Crippen molar-refractivity contribution in [3.63, 3.8) is 0 Å². The number of allylic oxidation sites excluding steroid dienone is 1. The van der Waals surface area contributed by atoms with Gasteiger partial charge in [0.25, 0.3) is 0 Å². The smallest absolute Gasteiger partial charge is 0.361 e. The van der Waals surface area contributed by atoms with E-state index in [9.17, 15) is 18.0 Å². The monoisotopic (exact) mass is 296 g/mol. The molecule has 0 bridgehead atoms. The van der Waals surface area contributed by atoms with Crippen LogP contribution in [-0.2, 0) is 11.2 Å². The second kappa shape index (κ2) is 6.03. The van der Waals surface area contributed by atoms with Crippen LogP contribution < -0.4 is 0 Å². The van der Waals surface area contributed by atoms with Crippen molar-refractivity contribution in [1.82, 2.24) is 9.88 Å². The normalized spacial score (nSPS) is 12.2. The second-order valence-corrected chi connectivity index (χ2v) is 4.59. The minimum Gasteiger partial charge on any atom is -0.361 e. The van der Waals surface area contributed by atoms with E-state index < -0.39 is 12.1 Å². The molecule has 2 aromatic rings. The van der Waals surface area contributed by atoms with Gasteiger partial charge in [-0.05, 0) is 25.0 Å². The number of nitrogens with one attached hydrogen (secondary N) is 1. The molecule has 6 heteroatoms. The number of aromatic nitrogens is 1. The van der Waals surface area contributed by atoms with Crippen LogP contribution in [0.2, 0.25) is 0 Å². The number of nitrogens with zero attached hydrogens (tertiary/aromatic N) is 1. The Labute approximate surface area is 120 Å². The molecule has 0 aliphatic rings. The molecule has 0 atom stereocenters. The highest BCUT2D eigenvalue weighted by Gasteiger charge is 2.41. The number of hydrogen-bond acceptors (Lipinski definition) is 1. The molecular formula is C15H15F3N2O. The molecule has 1 aromatic heterocycles. The first-order valence-electron chi connectivity index (χ1n) is 6.49. The van der Waals surface area contributed by atoms with Gasteiger partial charge in [-0.25, -0.2) is 0 Å². The summed E-state index contributed by atoms with van der Waals surface area (Å²) in [5, 5.41) is 0.956. The third-order valence-corrected chi connectivity index (χ3v) is 3.13. The van der Waals surface area contributed by atoms with Crippen molar-refractivity contribution in [2.24, 2.45) is 0 Å². The molecule has 1 heterocycles. The molecule has 0 aliphatic heterocycles. The number of alkyl halides is 3. The molecule has 0 fully saturated rings. The summed E-state index contributed by atoms with van der Waals surface area (Å²) in [4.78, 5) is 15.1. The molecule has 0 spiro atoms. The molecule has 0 aliphatic carbocycles. The highest BCUT2D eigenvalue weighted by molar-refractivity contribution is 5.84. The van der Waals surface area contributed by atoms with Crippen molar-refractivity contribution in [3.8, 4) is 0 Å². The summed E-state index contributed by atoms with van der Waals surface area (Å²) in [6, 6.07) is 7.53. The molecule has 112 valence electrons. The molecule has 3 nitrogen and oxygen atoms in total. The molecule has 21 heavy (non-hydrogen) atoms. The minimum absolute atomic E-state index is 0.0233. The van der Waals surface area contributed by atoms with Crippen LogP contribution in [0, 0.1) is 0 Å². The van der Waals surface area contributed by atoms with Gasteiger partial charge in [-0.1, -0.05) is 24.3 Å². The molecular weight excluding hydrogens is 281 g/mol. The van der Waals surface area contributed by atoms with E-state index in [0.29, 0.717) is 11.3 Å². The highest BCUT2D eigenvalue weighted by atomic mass is 19.4. The Morgan fingerprint density at radius 3 is 2.71 bits per heavy atom. The Balaban J connectivity index is 2.14. The van der Waals surface area contributed by atoms with Crippen molar-refractivity contribution in [1.29, 1.82) is 0 Å². The average molecular weight is 296 g/mol. The summed E-state index contributed by atoms with van der Waals surface area (Å²) in [7, 11) is 0. The molecule has 0 saturated heterocycles. The Morgan fingerprint density at radius 2 is 2.05 bits per heavy atom. The maximum Gasteiger partial charge on any atom is 0.471 e. The number of aromatic amines is 1. The van der Waals surface area contributed by atoms with Crippen LogP contribution in [0.4, 0.5) is 13.2 Å². The lowest BCUT2D eigenvalue weighted by molar-refractivity contribution is -0.182. The number of carbonyl (C=O) groups excluding carboxylic acids is 1. The standard InChI is InChI=1S/C15H15F3N2O/c1-2-8-20(14(21)15(16,17)18)9-7-11-10-19-13-6-4-3-5-12(11)13/h2-6,8,10,19H,7,9H2,1H3/b8-2+. The van der Waals surface area contributed by atoms with Crippen LogP contribution in [0.25, 0.3) is 10.9 Å². The van der Waals surface area contributed by atoms with Gasteiger partial charge in [0.2, 0.25) is 0 Å². The van der Waals surface area contributed by atoms with E-state index in [0.717, 1.165) is 22.7 Å². The molecule has 1 amide bonds. The number of fused-ring (bicyclic) bond motifs is 1. The summed E-state index contributed by atoms with van der Waals surface area (Å²) in [5.41, 5.74) is 1.81. The molecule has 1 aromatic carbocycles. The van der Waals surface area contributed by atoms with Gasteiger partial charge in [0.05, 0.1) is 0 Å². The van der Waals surface area contributed by atoms with Crippen LogP contribution >= 0.6 is 0 Å². The largest absolute Gasteiger partial charge is 0.471 e. The van der Waals surface area contributed by atoms with Crippen LogP contribution in [0.15, 0.2) is 42.7 Å². The van der Waals surface area contributed by atoms with E-state index in [4.69, 9.17) is 0 Å². The van der Waals surface area contributed by atoms with E-state index in [2.05, 4.69) is 4.98 Å². The first-order chi connectivity index (χ1) is 9.93. The quantitative estimate of drug-likeness (QED) is 0.918. The number of amides is 1. The molecule has 1 N–H and O–H groups in total. The lowest BCUT2D eigenvalue weighted by Crippen LogP contribution is -2.38. The highest BCUT2D eigenvalue weighted by Crippen LogP contribution is 2.21. The molecule has 0 saturated carbocycles. The second-order valence-electron chi connectivity index (χ2n) is 4.59. The molecule has 0 unspecified atom stereocenters. The van der Waals surface area contributed by atoms with E-state index in [1.165, 1.54) is 6.08 Å². The first kappa shape index (κ1) is 15.2. The van der Waals surface area contributed by atoms with Crippen LogP contribution in [0.5, 0.6) is 0 Å². The van der Waals surface area contributed by atoms with E-state index in [1.807, 2.05) is 24.3 Å². The maximum absolute atomic E-state index is 12.5. The SMILES string of the molecule is C/C=C/N(CCc1c[nH]c2ccccc12)C(=O)C(F)(F)F. The number of hydrogen-bond donors (Lipinski definition) is 1. The number of halogens is 3. The Bertz CT molecular complexity index is 658. The van der Waals surface area contributed by atoms with Gasteiger partial charge in [0.15, 0.2) is 0 Å². The summed E-state index contributed by atoms with van der Waals surface area (Å²) in [6.07, 6.45) is -0.185. The predicted octanol–water partition coefficient (Wildman–Crippen LogP) is 3.63. The number of carbonyl (C=O) groups is 1. The van der Waals surface area contributed by atoms with Crippen molar-refractivity contribution < 1.29 is 18.0 Å². The van der Waals surface area contributed by atoms with Crippen LogP contribution in [0.3, 0.4) is 0 Å². The van der Waals surface area contributed by atoms with Crippen LogP contribution in [0.1, 0.15) is 12.5 Å². The summed E-state index contributed by atoms with van der Waals surface area (Å²) in [6.45, 7) is 1.55. The molecule has 2 rings (SSSR count). The lowest BCUT2D eigenvalue weighted by Gasteiger charge is -2.19. The topological polar surface area (TPSA) is 36.1 Å². The van der Waals surface area contributed by atoms with Gasteiger partial charge in [-0.15, -0.1) is 0 Å². The number of para-hydroxylation sites is 1. The minimum atomic E-state index is -4.86. The Morgan fingerprint density at radius 1 is 1.33 bits per heavy atom. The maximum atomic E-state index is 12.5. The summed E-state index contributed by atoms with van der Waals surface area (Å²) < 4.78 is 37.5. The summed E-state index contributed by atoms with van der Waals surface area (Å²) >= 11 is 0. The van der Waals surface area contributed by atoms with Gasteiger partial charge in [-0.2, -0.15) is 13.2 Å². The third kappa shape index (κ3) is 3.45. The van der Waals surface area contributed by atoms with Gasteiger partial charge < -0.3 is 9.88 Å². The number of benzene rings is 1. The summed E-state index contributed by atoms with van der Waals surface area (Å²) in [5.74, 6) is -1.85. The van der Waals surface area contributed by atoms with Gasteiger partial charge in [0, 0.05) is 29.8 Å². The van der Waals surface area contributed by atoms with Crippen molar-refractivity contribution in [2.45, 2.75) is 19.5 Å². The van der Waals surface area contributed by atoms with Crippen molar-refractivity contribution in [3.05, 3.63) is 48.3 Å².